The van der Waals surface area contributed by atoms with Gasteiger partial charge in [0.2, 0.25) is 5.82 Å². The minimum absolute atomic E-state index is 0.0612. The van der Waals surface area contributed by atoms with Crippen molar-refractivity contribution in [2.45, 2.75) is 57.3 Å². The lowest BCUT2D eigenvalue weighted by atomic mass is 10.00. The molecule has 3 heterocycles. The normalized spacial score (nSPS) is 18.2. The van der Waals surface area contributed by atoms with E-state index in [-0.39, 0.29) is 23.9 Å². The molecule has 2 fully saturated rings. The number of carbonyl (C=O) groups is 1. The van der Waals surface area contributed by atoms with E-state index in [0.29, 0.717) is 40.3 Å². The van der Waals surface area contributed by atoms with E-state index in [0.717, 1.165) is 38.9 Å². The van der Waals surface area contributed by atoms with Gasteiger partial charge in [-0.25, -0.2) is 9.97 Å². The molecular weight excluding hydrogens is 504 g/mol. The lowest BCUT2D eigenvalue weighted by Gasteiger charge is -2.35. The van der Waals surface area contributed by atoms with Crippen LogP contribution in [0.2, 0.25) is 10.0 Å². The van der Waals surface area contributed by atoms with Crippen LogP contribution < -0.4 is 5.32 Å². The fraction of sp³-hybridized carbons (Fsp3) is 0.542. The number of aromatic nitrogens is 2. The van der Waals surface area contributed by atoms with E-state index in [9.17, 15) is 18.0 Å². The van der Waals surface area contributed by atoms with E-state index in [1.54, 1.807) is 30.0 Å². The topological polar surface area (TPSA) is 67.4 Å². The number of likely N-dealkylation sites (tertiary alicyclic amines) is 1. The van der Waals surface area contributed by atoms with E-state index < -0.39 is 17.9 Å². The van der Waals surface area contributed by atoms with Gasteiger partial charge in [-0.05, 0) is 50.3 Å². The second kappa shape index (κ2) is 11.0. The van der Waals surface area contributed by atoms with Crippen molar-refractivity contribution in [1.29, 1.82) is 0 Å². The number of halogens is 5. The summed E-state index contributed by atoms with van der Waals surface area (Å²) in [6.07, 6.45) is -1.34. The van der Waals surface area contributed by atoms with Gasteiger partial charge >= 0.3 is 6.18 Å². The van der Waals surface area contributed by atoms with E-state index in [2.05, 4.69) is 15.3 Å². The first-order chi connectivity index (χ1) is 16.6. The third-order valence-electron chi connectivity index (χ3n) is 6.53. The number of benzene rings is 1. The average molecular weight is 531 g/mol. The van der Waals surface area contributed by atoms with Crippen molar-refractivity contribution in [3.05, 3.63) is 56.6 Å². The van der Waals surface area contributed by atoms with Gasteiger partial charge in [0.15, 0.2) is 0 Å². The van der Waals surface area contributed by atoms with Crippen LogP contribution in [-0.2, 0) is 17.3 Å². The van der Waals surface area contributed by atoms with Crippen LogP contribution in [0, 0.1) is 6.92 Å². The largest absolute Gasteiger partial charge is 0.451 e. The zero-order chi connectivity index (χ0) is 25.2. The van der Waals surface area contributed by atoms with Gasteiger partial charge in [-0.3, -0.25) is 4.79 Å². The Morgan fingerprint density at radius 3 is 2.37 bits per heavy atom. The number of hydrogen-bond acceptors (Lipinski definition) is 5. The summed E-state index contributed by atoms with van der Waals surface area (Å²) in [4.78, 5) is 22.3. The first-order valence-electron chi connectivity index (χ1n) is 11.6. The molecule has 1 aromatic carbocycles. The van der Waals surface area contributed by atoms with Crippen LogP contribution in [-0.4, -0.2) is 59.2 Å². The zero-order valence-corrected chi connectivity index (χ0v) is 20.8. The molecule has 0 bridgehead atoms. The number of hydrogen-bond donors (Lipinski definition) is 1. The number of nitrogens with one attached hydrogen (secondary N) is 1. The zero-order valence-electron chi connectivity index (χ0n) is 19.3. The van der Waals surface area contributed by atoms with Crippen molar-refractivity contribution in [1.82, 2.24) is 20.2 Å². The number of alkyl halides is 3. The standard InChI is InChI=1S/C24H27Cl2F3N4O2/c1-14-20(13-15-2-3-18(25)19(26)12-15)31-23(24(27,28)29)32-21(14)22(34)33-8-4-16(5-9-33)30-17-6-10-35-11-7-17/h2-3,12,16-17,30H,4-11,13H2,1H3. The van der Waals surface area contributed by atoms with Crippen molar-refractivity contribution >= 4 is 29.1 Å². The van der Waals surface area contributed by atoms with Crippen LogP contribution >= 0.6 is 23.2 Å². The smallest absolute Gasteiger partial charge is 0.381 e. The van der Waals surface area contributed by atoms with Gasteiger partial charge in [0.25, 0.3) is 5.91 Å². The number of rotatable bonds is 5. The summed E-state index contributed by atoms with van der Waals surface area (Å²) < 4.78 is 46.2. The molecule has 2 aliphatic heterocycles. The summed E-state index contributed by atoms with van der Waals surface area (Å²) in [5, 5.41) is 4.27. The number of ether oxygens (including phenoxy) is 1. The van der Waals surface area contributed by atoms with E-state index in [4.69, 9.17) is 27.9 Å². The monoisotopic (exact) mass is 530 g/mol. The van der Waals surface area contributed by atoms with E-state index >= 15 is 0 Å². The van der Waals surface area contributed by atoms with Crippen molar-refractivity contribution in [2.75, 3.05) is 26.3 Å². The van der Waals surface area contributed by atoms with Crippen LogP contribution in [0.4, 0.5) is 13.2 Å². The molecule has 190 valence electrons. The van der Waals surface area contributed by atoms with Crippen molar-refractivity contribution in [3.8, 4) is 0 Å². The van der Waals surface area contributed by atoms with Crippen LogP contribution in [0.3, 0.4) is 0 Å². The molecule has 1 aromatic heterocycles. The second-order valence-corrected chi connectivity index (χ2v) is 9.82. The molecule has 2 aliphatic rings. The molecule has 0 saturated carbocycles. The Morgan fingerprint density at radius 1 is 1.09 bits per heavy atom. The summed E-state index contributed by atoms with van der Waals surface area (Å²) in [5.41, 5.74) is 0.882. The molecule has 35 heavy (non-hydrogen) atoms. The fourth-order valence-corrected chi connectivity index (χ4v) is 4.83. The molecule has 0 spiro atoms. The highest BCUT2D eigenvalue weighted by atomic mass is 35.5. The third-order valence-corrected chi connectivity index (χ3v) is 7.27. The Hall–Kier alpha value is -1.94. The number of carbonyl (C=O) groups excluding carboxylic acids is 1. The lowest BCUT2D eigenvalue weighted by molar-refractivity contribution is -0.145. The number of nitrogens with zero attached hydrogens (tertiary/aromatic N) is 3. The maximum absolute atomic E-state index is 13.6. The first kappa shape index (κ1) is 26.1. The van der Waals surface area contributed by atoms with Gasteiger partial charge in [-0.15, -0.1) is 0 Å². The summed E-state index contributed by atoms with van der Waals surface area (Å²) in [6.45, 7) is 3.97. The minimum Gasteiger partial charge on any atom is -0.381 e. The second-order valence-electron chi connectivity index (χ2n) is 9.01. The molecule has 2 saturated heterocycles. The molecule has 1 amide bonds. The predicted molar refractivity (Wildman–Crippen MR) is 127 cm³/mol. The highest BCUT2D eigenvalue weighted by Crippen LogP contribution is 2.30. The third kappa shape index (κ3) is 6.44. The van der Waals surface area contributed by atoms with Gasteiger partial charge in [-0.1, -0.05) is 29.3 Å². The number of piperidine rings is 1. The SMILES string of the molecule is Cc1c(Cc2ccc(Cl)c(Cl)c2)nc(C(F)(F)F)nc1C(=O)N1CCC(NC2CCOCC2)CC1. The first-order valence-corrected chi connectivity index (χ1v) is 12.4. The Morgan fingerprint density at radius 2 is 1.74 bits per heavy atom. The maximum atomic E-state index is 13.6. The highest BCUT2D eigenvalue weighted by molar-refractivity contribution is 6.42. The van der Waals surface area contributed by atoms with Gasteiger partial charge in [-0.2, -0.15) is 13.2 Å². The fourth-order valence-electron chi connectivity index (χ4n) is 4.51. The summed E-state index contributed by atoms with van der Waals surface area (Å²) in [5.74, 6) is -1.83. The molecule has 2 aromatic rings. The minimum atomic E-state index is -4.78. The van der Waals surface area contributed by atoms with Gasteiger partial charge in [0, 0.05) is 50.4 Å². The van der Waals surface area contributed by atoms with E-state index in [1.165, 1.54) is 0 Å². The molecule has 6 nitrogen and oxygen atoms in total. The van der Waals surface area contributed by atoms with Crippen LogP contribution in [0.25, 0.3) is 0 Å². The van der Waals surface area contributed by atoms with Gasteiger partial charge in [0.05, 0.1) is 15.7 Å². The Labute approximate surface area is 212 Å². The lowest BCUT2D eigenvalue weighted by Crippen LogP contribution is -2.49. The molecular formula is C24H27Cl2F3N4O2. The number of amides is 1. The van der Waals surface area contributed by atoms with Crippen molar-refractivity contribution < 1.29 is 22.7 Å². The average Bonchev–Trinajstić information content (AvgIpc) is 2.83. The Balaban J connectivity index is 1.52. The quantitative estimate of drug-likeness (QED) is 0.584. The maximum Gasteiger partial charge on any atom is 0.451 e. The molecule has 0 atom stereocenters. The van der Waals surface area contributed by atoms with Gasteiger partial charge in [0.1, 0.15) is 5.69 Å². The predicted octanol–water partition coefficient (Wildman–Crippen LogP) is 5.07. The summed E-state index contributed by atoms with van der Waals surface area (Å²) in [6, 6.07) is 5.49. The van der Waals surface area contributed by atoms with Crippen LogP contribution in [0.5, 0.6) is 0 Å². The molecule has 0 unspecified atom stereocenters. The van der Waals surface area contributed by atoms with Crippen LogP contribution in [0.15, 0.2) is 18.2 Å². The molecule has 0 radical (unpaired) electrons. The van der Waals surface area contributed by atoms with Crippen LogP contribution in [0.1, 0.15) is 58.8 Å². The summed E-state index contributed by atoms with van der Waals surface area (Å²) >= 11 is 12.0. The Kier molecular flexibility index (Phi) is 8.20. The van der Waals surface area contributed by atoms with Gasteiger partial charge < -0.3 is 15.0 Å². The molecule has 1 N–H and O–H groups in total. The highest BCUT2D eigenvalue weighted by Gasteiger charge is 2.37. The van der Waals surface area contributed by atoms with Crippen molar-refractivity contribution in [2.24, 2.45) is 0 Å². The molecule has 4 rings (SSSR count). The van der Waals surface area contributed by atoms with E-state index in [1.807, 2.05) is 0 Å². The molecule has 0 aliphatic carbocycles. The summed E-state index contributed by atoms with van der Waals surface area (Å²) in [7, 11) is 0. The van der Waals surface area contributed by atoms with Crippen molar-refractivity contribution in [3.63, 3.8) is 0 Å². The molecule has 11 heteroatoms. The Bertz CT molecular complexity index is 1070.